The topological polar surface area (TPSA) is 296 Å². The molecule has 8 aliphatic rings. The van der Waals surface area contributed by atoms with Crippen molar-refractivity contribution >= 4 is 23.9 Å². The zero-order valence-electron chi connectivity index (χ0n) is 89.6. The predicted molar refractivity (Wildman–Crippen MR) is 471 cm³/mol. The molecule has 24 heteroatoms. The van der Waals surface area contributed by atoms with Gasteiger partial charge in [0.1, 0.15) is 48.6 Å². The molecule has 0 aromatic heterocycles. The minimum absolute atomic E-state index is 0.00369. The molecule has 0 radical (unpaired) electrons. The zero-order valence-corrected chi connectivity index (χ0v) is 75.6. The lowest BCUT2D eigenvalue weighted by Gasteiger charge is -2.47. The second-order valence-electron chi connectivity index (χ2n) is 37.2. The summed E-state index contributed by atoms with van der Waals surface area (Å²) in [6, 6.07) is -2.47. The van der Waals surface area contributed by atoms with E-state index in [0.717, 1.165) is 74.1 Å². The van der Waals surface area contributed by atoms with Gasteiger partial charge in [0.2, 0.25) is 0 Å². The number of hydrogen-bond acceptors (Lipinski definition) is 24. The monoisotopic (exact) mass is 1690 g/mol. The number of benzene rings is 4. The summed E-state index contributed by atoms with van der Waals surface area (Å²) in [5.74, 6) is 1.41. The molecule has 4 aromatic rings. The van der Waals surface area contributed by atoms with E-state index in [2.05, 4.69) is 75.0 Å². The lowest BCUT2D eigenvalue weighted by molar-refractivity contribution is -0.161. The summed E-state index contributed by atoms with van der Waals surface area (Å²) in [4.78, 5) is 60.3. The number of carbonyl (C=O) groups excluding carboxylic acids is 4. The van der Waals surface area contributed by atoms with E-state index in [0.29, 0.717) is 135 Å². The Bertz CT molecular complexity index is 4430. The van der Waals surface area contributed by atoms with Crippen molar-refractivity contribution in [3.63, 3.8) is 0 Å². The van der Waals surface area contributed by atoms with Gasteiger partial charge in [-0.1, -0.05) is 111 Å². The average Bonchev–Trinajstić information content (AvgIpc) is 0.745. The van der Waals surface area contributed by atoms with Crippen molar-refractivity contribution in [2.45, 2.75) is 261 Å². The van der Waals surface area contributed by atoms with Crippen molar-refractivity contribution in [3.8, 4) is 46.0 Å². The van der Waals surface area contributed by atoms with Crippen LogP contribution in [-0.4, -0.2) is 201 Å². The molecule has 16 atom stereocenters. The highest BCUT2D eigenvalue weighted by molar-refractivity contribution is 5.77. The predicted octanol–water partition coefficient (Wildman–Crippen LogP) is 14.3. The Morgan fingerprint density at radius 1 is 0.325 bits per heavy atom. The molecule has 8 N–H and O–H groups in total. The Labute approximate surface area is 738 Å². The molecular formula is C96H152N8O16. The zero-order chi connectivity index (χ0) is 100.0. The maximum atomic E-state index is 12.8. The van der Waals surface area contributed by atoms with Crippen molar-refractivity contribution in [2.75, 3.05) is 109 Å². The van der Waals surface area contributed by atoms with Gasteiger partial charge < -0.3 is 79.8 Å². The number of hydrogen-bond donors (Lipinski definition) is 4. The van der Waals surface area contributed by atoms with Crippen LogP contribution >= 0.6 is 0 Å². The summed E-state index contributed by atoms with van der Waals surface area (Å²) in [5.41, 5.74) is 30.0. The van der Waals surface area contributed by atoms with Gasteiger partial charge in [-0.05, 0) is 192 Å². The van der Waals surface area contributed by atoms with Crippen LogP contribution in [0.3, 0.4) is 0 Å². The van der Waals surface area contributed by atoms with Crippen LogP contribution in [0.2, 0.25) is 0 Å². The maximum Gasteiger partial charge on any atom is 0.323 e. The third-order valence-electron chi connectivity index (χ3n) is 25.2. The number of esters is 4. The van der Waals surface area contributed by atoms with Crippen LogP contribution in [0.4, 0.5) is 0 Å². The summed E-state index contributed by atoms with van der Waals surface area (Å²) in [6.07, 6.45) is 6.85. The van der Waals surface area contributed by atoms with Crippen LogP contribution < -0.4 is 60.8 Å². The van der Waals surface area contributed by atoms with Gasteiger partial charge in [-0.15, -0.1) is 0 Å². The van der Waals surface area contributed by atoms with Crippen LogP contribution in [-0.2, 0) is 63.8 Å². The molecule has 0 aliphatic carbocycles. The first-order valence-electron chi connectivity index (χ1n) is 50.8. The first kappa shape index (κ1) is 77.6. The maximum absolute atomic E-state index is 12.8. The highest BCUT2D eigenvalue weighted by atomic mass is 16.6. The highest BCUT2D eigenvalue weighted by Crippen LogP contribution is 2.50. The Morgan fingerprint density at radius 2 is 0.508 bits per heavy atom. The van der Waals surface area contributed by atoms with Gasteiger partial charge in [0.05, 0.1) is 75.9 Å². The summed E-state index contributed by atoms with van der Waals surface area (Å²) < 4.78 is 182. The number of fused-ring (bicyclic) bond motifs is 12. The number of carbonyl (C=O) groups is 4. The molecular weight excluding hydrogens is 1520 g/mol. The Balaban J connectivity index is 0.000000201. The first-order valence-corrected chi connectivity index (χ1v) is 43.8. The second kappa shape index (κ2) is 43.9. The Hall–Kier alpha value is -7.16. The van der Waals surface area contributed by atoms with Crippen LogP contribution in [0.1, 0.15) is 250 Å². The minimum Gasteiger partial charge on any atom is -0.493 e. The molecule has 4 aromatic carbocycles. The SMILES string of the molecule is [2H]c1c2c(c([2H])c(OC)c1OC([2H])([2H])[2H])C1CC(OC(=O)[C@@H](N)C(C)C)C(CC(C)C)CN1CC2.[2H]c1c2c(c([2H])c(OC)c1OC([2H])([2H])[2H])C1CC(OC(=O)[C@@H](N)C(C)C)C(CC(C)C)CN1CC2.[2H]c1c2c(c([2H])c(OC)c1OC)C1CC(OC(=O)[C@@H](N)C(C)C)C(CC(C)C)CN1CC2.[2H]c1c2c(c([2H])c(OC)c1OC)C1CC(OC(=O)[C@@H](N)C(C)C)C(CC(C)C)CN1CC2. The lowest BCUT2D eigenvalue weighted by atomic mass is 9.79. The van der Waals surface area contributed by atoms with E-state index in [1.807, 2.05) is 55.4 Å². The largest absolute Gasteiger partial charge is 0.493 e. The van der Waals surface area contributed by atoms with E-state index >= 15 is 0 Å². The van der Waals surface area contributed by atoms with Gasteiger partial charge in [0.25, 0.3) is 0 Å². The molecule has 12 rings (SSSR count). The van der Waals surface area contributed by atoms with Crippen molar-refractivity contribution in [2.24, 2.45) is 93.9 Å². The number of nitrogens with two attached hydrogens (primary N) is 4. The molecule has 24 nitrogen and oxygen atoms in total. The first-order chi connectivity index (χ1) is 62.7. The van der Waals surface area contributed by atoms with Crippen molar-refractivity contribution in [1.82, 2.24) is 19.6 Å². The van der Waals surface area contributed by atoms with Gasteiger partial charge in [0, 0.05) is 126 Å². The van der Waals surface area contributed by atoms with E-state index in [9.17, 15) is 19.2 Å². The van der Waals surface area contributed by atoms with Crippen LogP contribution in [0.25, 0.3) is 0 Å². The molecule has 120 heavy (non-hydrogen) atoms. The molecule has 4 saturated heterocycles. The molecule has 0 saturated carbocycles. The van der Waals surface area contributed by atoms with Gasteiger partial charge >= 0.3 is 23.9 Å². The molecule has 0 amide bonds. The smallest absolute Gasteiger partial charge is 0.323 e. The Morgan fingerprint density at radius 3 is 0.675 bits per heavy atom. The summed E-state index contributed by atoms with van der Waals surface area (Å²) in [7, 11) is 3.14. The highest BCUT2D eigenvalue weighted by Gasteiger charge is 2.47. The minimum atomic E-state index is -2.77. The molecule has 8 aliphatic heterocycles. The second-order valence-corrected chi connectivity index (χ2v) is 37.2. The standard InChI is InChI=1S/4C24H38N2O4/c4*1-14(2)9-17-13-26-8-7-16-10-21(28-5)22(29-6)11-18(16)19(26)12-20(17)30-24(27)23(25)15(3)4/h4*10-11,14-15,17,19-20,23H,7-9,12-13,25H2,1-6H3/t4*17?,19?,20?,23-/m0000/s1/i2*5D3,10D,11D;2*10D,11D. The lowest BCUT2D eigenvalue weighted by Crippen LogP contribution is -2.51. The van der Waals surface area contributed by atoms with E-state index in [-0.39, 0.29) is 191 Å². The van der Waals surface area contributed by atoms with Gasteiger partial charge in [-0.2, -0.15) is 0 Å². The van der Waals surface area contributed by atoms with Crippen molar-refractivity contribution in [1.29, 1.82) is 0 Å². The fourth-order valence-corrected chi connectivity index (χ4v) is 18.5. The van der Waals surface area contributed by atoms with Crippen molar-refractivity contribution < 1.29 is 95.2 Å². The third-order valence-corrected chi connectivity index (χ3v) is 25.2. The number of rotatable bonds is 28. The summed E-state index contributed by atoms with van der Waals surface area (Å²) in [5, 5.41) is 0. The summed E-state index contributed by atoms with van der Waals surface area (Å²) in [6.45, 7) is 38.4. The summed E-state index contributed by atoms with van der Waals surface area (Å²) >= 11 is 0. The van der Waals surface area contributed by atoms with E-state index in [1.165, 1.54) is 42.7 Å². The number of ether oxygens (including phenoxy) is 12. The van der Waals surface area contributed by atoms with Crippen LogP contribution in [0.15, 0.2) is 48.3 Å². The average molecular weight is 1690 g/mol. The van der Waals surface area contributed by atoms with Crippen LogP contribution in [0, 0.1) is 71.0 Å². The quantitative estimate of drug-likeness (QED) is 0.0303. The molecule has 4 fully saturated rings. The molecule has 672 valence electrons. The van der Waals surface area contributed by atoms with Gasteiger partial charge in [0.15, 0.2) is 46.0 Å². The van der Waals surface area contributed by atoms with Gasteiger partial charge in [-0.3, -0.25) is 38.8 Å². The molecule has 12 unspecified atom stereocenters. The normalized spacial score (nSPS) is 26.8. The Kier molecular flexibility index (Phi) is 28.4. The van der Waals surface area contributed by atoms with E-state index in [1.54, 1.807) is 0 Å². The molecule has 0 spiro atoms. The van der Waals surface area contributed by atoms with E-state index < -0.39 is 50.2 Å². The molecule has 8 heterocycles. The van der Waals surface area contributed by atoms with Gasteiger partial charge in [-0.25, -0.2) is 0 Å². The van der Waals surface area contributed by atoms with Crippen LogP contribution in [0.5, 0.6) is 46.0 Å². The number of piperidine rings is 4. The number of methoxy groups -OCH3 is 8. The van der Waals surface area contributed by atoms with Crippen molar-refractivity contribution in [3.05, 3.63) is 92.8 Å². The third kappa shape index (κ3) is 23.8. The van der Waals surface area contributed by atoms with E-state index in [4.69, 9.17) is 99.0 Å². The fourth-order valence-electron chi connectivity index (χ4n) is 18.5. The number of nitrogens with zero attached hydrogens (tertiary/aromatic N) is 4. The fraction of sp³-hybridized carbons (Fsp3) is 0.708. The molecule has 0 bridgehead atoms.